The maximum atomic E-state index is 13.2. The van der Waals surface area contributed by atoms with Gasteiger partial charge in [0.2, 0.25) is 5.78 Å². The van der Waals surface area contributed by atoms with Crippen LogP contribution in [0.5, 0.6) is 0 Å². The van der Waals surface area contributed by atoms with Crippen molar-refractivity contribution in [2.75, 3.05) is 6.61 Å². The summed E-state index contributed by atoms with van der Waals surface area (Å²) in [4.78, 5) is 47.9. The molecule has 8 nitrogen and oxygen atoms in total. The van der Waals surface area contributed by atoms with Crippen molar-refractivity contribution in [2.24, 2.45) is 34.5 Å². The molecular formula is C26H34O8. The SMILES string of the molecule is [2H]C([2H])([2H])[C@@H]1C[C@@H]2[C@H]([C@@H](O)C[C@@]3(C)[C@H]2CC[C@]3(O)C(=O)COC(=O)CCC(=O)O)[C@@]2(C)C=CC(=O)C=C12. The highest BCUT2D eigenvalue weighted by Crippen LogP contribution is 2.67. The number of allylic oxidation sites excluding steroid dienone is 4. The fourth-order valence-corrected chi connectivity index (χ4v) is 7.43. The van der Waals surface area contributed by atoms with Gasteiger partial charge in [0.25, 0.3) is 0 Å². The summed E-state index contributed by atoms with van der Waals surface area (Å²) in [6.45, 7) is 0.491. The summed E-state index contributed by atoms with van der Waals surface area (Å²) in [5, 5.41) is 31.9. The zero-order chi connectivity index (χ0) is 27.6. The van der Waals surface area contributed by atoms with Crippen LogP contribution in [-0.2, 0) is 23.9 Å². The molecule has 8 atom stereocenters. The molecule has 34 heavy (non-hydrogen) atoms. The third kappa shape index (κ3) is 3.66. The van der Waals surface area contributed by atoms with Crippen molar-refractivity contribution in [3.63, 3.8) is 0 Å². The lowest BCUT2D eigenvalue weighted by Gasteiger charge is -2.60. The molecular weight excluding hydrogens is 440 g/mol. The largest absolute Gasteiger partial charge is 0.481 e. The average Bonchev–Trinajstić information content (AvgIpc) is 3.06. The van der Waals surface area contributed by atoms with Gasteiger partial charge in [-0.15, -0.1) is 0 Å². The molecule has 0 heterocycles. The molecule has 0 radical (unpaired) electrons. The maximum absolute atomic E-state index is 13.2. The summed E-state index contributed by atoms with van der Waals surface area (Å²) in [5.74, 6) is -4.95. The Kier molecular flexibility index (Phi) is 5.20. The van der Waals surface area contributed by atoms with Crippen LogP contribution in [0, 0.1) is 34.5 Å². The summed E-state index contributed by atoms with van der Waals surface area (Å²) in [6, 6.07) is 0. The first-order valence-electron chi connectivity index (χ1n) is 13.3. The topological polar surface area (TPSA) is 138 Å². The van der Waals surface area contributed by atoms with E-state index in [0.717, 1.165) is 0 Å². The summed E-state index contributed by atoms with van der Waals surface area (Å²) in [5.41, 5.74) is -3.35. The normalized spacial score (nSPS) is 44.5. The number of hydrogen-bond donors (Lipinski definition) is 3. The van der Waals surface area contributed by atoms with Gasteiger partial charge in [0.15, 0.2) is 12.4 Å². The van der Waals surface area contributed by atoms with Crippen LogP contribution in [0.25, 0.3) is 0 Å². The molecule has 0 aromatic heterocycles. The number of carbonyl (C=O) groups excluding carboxylic acids is 3. The highest BCUT2D eigenvalue weighted by molar-refractivity contribution is 6.01. The number of rotatable bonds is 6. The quantitative estimate of drug-likeness (QED) is 0.495. The summed E-state index contributed by atoms with van der Waals surface area (Å²) in [7, 11) is 0. The number of aliphatic hydroxyl groups is 2. The third-order valence-corrected chi connectivity index (χ3v) is 9.06. The number of aliphatic carboxylic acids is 1. The minimum absolute atomic E-state index is 0.0712. The number of ketones is 2. The number of ether oxygens (including phenoxy) is 1. The summed E-state index contributed by atoms with van der Waals surface area (Å²) >= 11 is 0. The standard InChI is InChI=1S/C26H34O8/c1-14-10-16-17-7-9-26(33,20(29)13-34-22(32)5-4-21(30)31)25(17,3)12-19(28)23(16)24(2)8-6-15(27)11-18(14)24/h6,8,11,14,16-17,19,23,28,33H,4-5,7,9-10,12-13H2,1-3H3,(H,30,31)/t14-,16+,17+,19+,23-,24+,25+,26+/m1/s1/i1D3. The second-order valence-corrected chi connectivity index (χ2v) is 10.8. The Balaban J connectivity index is 1.63. The predicted molar refractivity (Wildman–Crippen MR) is 120 cm³/mol. The van der Waals surface area contributed by atoms with Crippen molar-refractivity contribution in [1.82, 2.24) is 0 Å². The lowest BCUT2D eigenvalue weighted by Crippen LogP contribution is -2.62. The molecule has 0 aromatic rings. The average molecular weight is 478 g/mol. The monoisotopic (exact) mass is 477 g/mol. The van der Waals surface area contributed by atoms with E-state index in [1.54, 1.807) is 13.0 Å². The van der Waals surface area contributed by atoms with Gasteiger partial charge < -0.3 is 20.1 Å². The van der Waals surface area contributed by atoms with E-state index in [4.69, 9.17) is 14.0 Å². The van der Waals surface area contributed by atoms with Crippen LogP contribution in [0.2, 0.25) is 0 Å². The molecule has 3 saturated carbocycles. The Labute approximate surface area is 203 Å². The van der Waals surface area contributed by atoms with Crippen LogP contribution in [0.3, 0.4) is 0 Å². The minimum Gasteiger partial charge on any atom is -0.481 e. The maximum Gasteiger partial charge on any atom is 0.306 e. The molecule has 0 spiro atoms. The molecule has 0 bridgehead atoms. The number of fused-ring (bicyclic) bond motifs is 5. The number of hydrogen-bond acceptors (Lipinski definition) is 7. The van der Waals surface area contributed by atoms with Crippen molar-refractivity contribution < 1.29 is 43.3 Å². The second kappa shape index (κ2) is 8.41. The van der Waals surface area contributed by atoms with Crippen LogP contribution in [0.4, 0.5) is 0 Å². The number of esters is 1. The van der Waals surface area contributed by atoms with Crippen LogP contribution < -0.4 is 0 Å². The van der Waals surface area contributed by atoms with Gasteiger partial charge in [-0.1, -0.05) is 32.3 Å². The van der Waals surface area contributed by atoms with Gasteiger partial charge in [0.05, 0.1) is 18.9 Å². The number of carboxylic acids is 1. The number of carbonyl (C=O) groups is 4. The van der Waals surface area contributed by atoms with Gasteiger partial charge >= 0.3 is 11.9 Å². The second-order valence-electron chi connectivity index (χ2n) is 10.8. The summed E-state index contributed by atoms with van der Waals surface area (Å²) in [6.07, 6.45) is 3.45. The van der Waals surface area contributed by atoms with Crippen LogP contribution in [0.15, 0.2) is 23.8 Å². The van der Waals surface area contributed by atoms with Crippen molar-refractivity contribution in [2.45, 2.75) is 70.9 Å². The molecule has 0 aromatic carbocycles. The zero-order valence-corrected chi connectivity index (χ0v) is 19.5. The highest BCUT2D eigenvalue weighted by Gasteiger charge is 2.68. The van der Waals surface area contributed by atoms with E-state index in [-0.39, 0.29) is 36.9 Å². The fourth-order valence-electron chi connectivity index (χ4n) is 7.43. The minimum atomic E-state index is -2.38. The Morgan fingerprint density at radius 2 is 2.00 bits per heavy atom. The fraction of sp³-hybridized carbons (Fsp3) is 0.692. The predicted octanol–water partition coefficient (Wildman–Crippen LogP) is 2.22. The van der Waals surface area contributed by atoms with Crippen molar-refractivity contribution >= 4 is 23.5 Å². The van der Waals surface area contributed by atoms with E-state index in [0.29, 0.717) is 12.0 Å². The lowest BCUT2D eigenvalue weighted by atomic mass is 9.45. The van der Waals surface area contributed by atoms with Crippen LogP contribution in [0.1, 0.15) is 63.3 Å². The molecule has 4 aliphatic rings. The van der Waals surface area contributed by atoms with E-state index < -0.39 is 78.4 Å². The number of aliphatic hydroxyl groups excluding tert-OH is 1. The molecule has 4 aliphatic carbocycles. The Morgan fingerprint density at radius 1 is 1.26 bits per heavy atom. The van der Waals surface area contributed by atoms with Gasteiger partial charge in [0, 0.05) is 20.9 Å². The first kappa shape index (κ1) is 21.0. The molecule has 8 heteroatoms. The van der Waals surface area contributed by atoms with Crippen molar-refractivity contribution in [3.8, 4) is 0 Å². The first-order valence-corrected chi connectivity index (χ1v) is 11.8. The number of carboxylic acid groups (broad SMARTS) is 1. The smallest absolute Gasteiger partial charge is 0.306 e. The van der Waals surface area contributed by atoms with Crippen molar-refractivity contribution in [3.05, 3.63) is 23.8 Å². The van der Waals surface area contributed by atoms with E-state index in [1.807, 2.05) is 6.92 Å². The zero-order valence-electron chi connectivity index (χ0n) is 22.5. The first-order chi connectivity index (χ1) is 17.0. The lowest BCUT2D eigenvalue weighted by molar-refractivity contribution is -0.182. The Hall–Kier alpha value is -2.32. The van der Waals surface area contributed by atoms with Gasteiger partial charge in [-0.3, -0.25) is 19.2 Å². The van der Waals surface area contributed by atoms with Gasteiger partial charge in [0.1, 0.15) is 5.60 Å². The van der Waals surface area contributed by atoms with E-state index in [1.165, 1.54) is 12.2 Å². The van der Waals surface area contributed by atoms with Crippen LogP contribution in [-0.4, -0.2) is 57.1 Å². The highest BCUT2D eigenvalue weighted by atomic mass is 16.5. The molecule has 4 rings (SSSR count). The van der Waals surface area contributed by atoms with Gasteiger partial charge in [-0.25, -0.2) is 0 Å². The summed E-state index contributed by atoms with van der Waals surface area (Å²) < 4.78 is 29.6. The van der Waals surface area contributed by atoms with Crippen LogP contribution >= 0.6 is 0 Å². The molecule has 0 aliphatic heterocycles. The van der Waals surface area contributed by atoms with E-state index in [9.17, 15) is 29.4 Å². The number of Topliss-reactive ketones (excluding diaryl/α,β-unsaturated/α-hetero) is 1. The molecule has 0 saturated heterocycles. The van der Waals surface area contributed by atoms with E-state index in [2.05, 4.69) is 0 Å². The van der Waals surface area contributed by atoms with Crippen molar-refractivity contribution in [1.29, 1.82) is 0 Å². The Morgan fingerprint density at radius 3 is 2.68 bits per heavy atom. The molecule has 0 amide bonds. The van der Waals surface area contributed by atoms with E-state index >= 15 is 0 Å². The molecule has 3 fully saturated rings. The molecule has 186 valence electrons. The van der Waals surface area contributed by atoms with Gasteiger partial charge in [-0.05, 0) is 55.6 Å². The third-order valence-electron chi connectivity index (χ3n) is 9.06. The molecule has 0 unspecified atom stereocenters. The Bertz CT molecular complexity index is 1080. The van der Waals surface area contributed by atoms with Gasteiger partial charge in [-0.2, -0.15) is 0 Å². The molecule has 3 N–H and O–H groups in total.